The summed E-state index contributed by atoms with van der Waals surface area (Å²) < 4.78 is 14.6. The zero-order valence-corrected chi connectivity index (χ0v) is 14.1. The Morgan fingerprint density at radius 3 is 2.05 bits per heavy atom. The molecule has 0 radical (unpaired) electrons. The molecule has 1 aliphatic rings. The Balaban J connectivity index is 2.14. The maximum Gasteiger partial charge on any atom is 0.512 e. The van der Waals surface area contributed by atoms with Crippen LogP contribution in [0.2, 0.25) is 0 Å². The quantitative estimate of drug-likeness (QED) is 0.752. The average molecular weight is 285 g/mol. The van der Waals surface area contributed by atoms with E-state index < -0.39 is 0 Å². The fourth-order valence-electron chi connectivity index (χ4n) is 2.88. The summed E-state index contributed by atoms with van der Waals surface area (Å²) in [6.07, 6.45) is 2.15. The van der Waals surface area contributed by atoms with E-state index in [2.05, 4.69) is 71.5 Å². The van der Waals surface area contributed by atoms with Crippen molar-refractivity contribution in [2.45, 2.75) is 52.7 Å². The van der Waals surface area contributed by atoms with Crippen molar-refractivity contribution in [2.24, 2.45) is 7.05 Å². The summed E-state index contributed by atoms with van der Waals surface area (Å²) in [6, 6.07) is 4.48. The molecule has 0 amide bonds. The van der Waals surface area contributed by atoms with Crippen LogP contribution in [-0.4, -0.2) is 22.9 Å². The third kappa shape index (κ3) is 2.12. The van der Waals surface area contributed by atoms with Gasteiger partial charge in [-0.25, -0.2) is 0 Å². The lowest BCUT2D eigenvalue weighted by Crippen LogP contribution is -2.41. The minimum Gasteiger partial charge on any atom is -0.398 e. The summed E-state index contributed by atoms with van der Waals surface area (Å²) in [5.41, 5.74) is 3.09. The van der Waals surface area contributed by atoms with Gasteiger partial charge in [-0.2, -0.15) is 0 Å². The van der Waals surface area contributed by atoms with E-state index in [1.807, 2.05) is 0 Å². The smallest absolute Gasteiger partial charge is 0.398 e. The van der Waals surface area contributed by atoms with Crippen molar-refractivity contribution in [3.8, 4) is 0 Å². The van der Waals surface area contributed by atoms with Crippen LogP contribution in [0, 0.1) is 13.8 Å². The molecule has 1 aromatic carbocycles. The number of aromatic nitrogens is 1. The molecular weight excluding hydrogens is 261 g/mol. The second-order valence-electron chi connectivity index (χ2n) is 7.24. The summed E-state index contributed by atoms with van der Waals surface area (Å²) >= 11 is 0. The molecule has 1 aromatic heterocycles. The van der Waals surface area contributed by atoms with Crippen molar-refractivity contribution in [3.63, 3.8) is 0 Å². The average Bonchev–Trinajstić information content (AvgIpc) is 2.73. The molecule has 1 saturated heterocycles. The summed E-state index contributed by atoms with van der Waals surface area (Å²) in [4.78, 5) is 0. The molecule has 2 aromatic rings. The first-order valence-corrected chi connectivity index (χ1v) is 7.54. The predicted octanol–water partition coefficient (Wildman–Crippen LogP) is 3.09. The van der Waals surface area contributed by atoms with Crippen LogP contribution in [0.25, 0.3) is 10.8 Å². The Bertz CT molecular complexity index is 699. The number of fused-ring (bicyclic) bond motifs is 1. The molecule has 0 N–H and O–H groups in total. The van der Waals surface area contributed by atoms with Gasteiger partial charge in [0.05, 0.1) is 16.8 Å². The first kappa shape index (κ1) is 14.7. The summed E-state index contributed by atoms with van der Waals surface area (Å²) in [5, 5.41) is 2.46. The maximum absolute atomic E-state index is 6.22. The van der Waals surface area contributed by atoms with Gasteiger partial charge in [0.15, 0.2) is 0 Å². The molecule has 0 aliphatic carbocycles. The van der Waals surface area contributed by atoms with E-state index in [1.165, 1.54) is 21.9 Å². The first-order valence-electron chi connectivity index (χ1n) is 7.54. The van der Waals surface area contributed by atoms with E-state index in [0.29, 0.717) is 0 Å². The fourth-order valence-corrected chi connectivity index (χ4v) is 2.88. The van der Waals surface area contributed by atoms with E-state index in [4.69, 9.17) is 9.31 Å². The Morgan fingerprint density at radius 1 is 0.952 bits per heavy atom. The summed E-state index contributed by atoms with van der Waals surface area (Å²) in [5.74, 6) is 0. The Kier molecular flexibility index (Phi) is 3.05. The van der Waals surface area contributed by atoms with Gasteiger partial charge < -0.3 is 13.9 Å². The molecule has 0 bridgehead atoms. The molecule has 1 fully saturated rings. The third-order valence-electron chi connectivity index (χ3n) is 5.13. The number of hydrogen-bond donors (Lipinski definition) is 0. The highest BCUT2D eigenvalue weighted by Gasteiger charge is 2.52. The van der Waals surface area contributed by atoms with Gasteiger partial charge in [-0.3, -0.25) is 0 Å². The Morgan fingerprint density at radius 2 is 1.48 bits per heavy atom. The van der Waals surface area contributed by atoms with E-state index in [-0.39, 0.29) is 18.3 Å². The van der Waals surface area contributed by atoms with Gasteiger partial charge in [-0.05, 0) is 69.5 Å². The molecule has 0 atom stereocenters. The monoisotopic (exact) mass is 285 g/mol. The number of benzene rings is 1. The first-order chi connectivity index (χ1) is 9.62. The normalized spacial score (nSPS) is 20.4. The molecule has 2 heterocycles. The lowest BCUT2D eigenvalue weighted by molar-refractivity contribution is 0.00578. The highest BCUT2D eigenvalue weighted by molar-refractivity contribution is 6.64. The second-order valence-corrected chi connectivity index (χ2v) is 7.24. The Hall–Kier alpha value is -1.26. The molecule has 0 spiro atoms. The molecule has 0 saturated carbocycles. The lowest BCUT2D eigenvalue weighted by atomic mass is 9.81. The van der Waals surface area contributed by atoms with E-state index >= 15 is 0 Å². The predicted molar refractivity (Wildman–Crippen MR) is 88.1 cm³/mol. The van der Waals surface area contributed by atoms with Crippen LogP contribution < -0.4 is 5.59 Å². The van der Waals surface area contributed by atoms with Crippen LogP contribution in [0.4, 0.5) is 0 Å². The zero-order chi connectivity index (χ0) is 15.6. The van der Waals surface area contributed by atoms with E-state index in [0.717, 1.165) is 5.59 Å². The van der Waals surface area contributed by atoms with E-state index in [1.54, 1.807) is 0 Å². The highest BCUT2D eigenvalue weighted by Crippen LogP contribution is 2.37. The van der Waals surface area contributed by atoms with Gasteiger partial charge in [0.2, 0.25) is 0 Å². The lowest BCUT2D eigenvalue weighted by Gasteiger charge is -2.32. The van der Waals surface area contributed by atoms with Crippen LogP contribution in [-0.2, 0) is 16.4 Å². The number of aryl methyl sites for hydroxylation is 3. The molecular formula is C17H24BNO2. The van der Waals surface area contributed by atoms with Gasteiger partial charge in [-0.15, -0.1) is 0 Å². The Labute approximate surface area is 127 Å². The second kappa shape index (κ2) is 4.37. The molecule has 3 nitrogen and oxygen atoms in total. The minimum atomic E-state index is -0.320. The number of nitrogens with zero attached hydrogens (tertiary/aromatic N) is 1. The van der Waals surface area contributed by atoms with Gasteiger partial charge in [0, 0.05) is 13.2 Å². The topological polar surface area (TPSA) is 23.4 Å². The SMILES string of the molecule is Cc1cc2cn(C)c(B3OC(C)(C)C(C)(C)O3)c2cc1C. The van der Waals surface area contributed by atoms with Crippen LogP contribution >= 0.6 is 0 Å². The van der Waals surface area contributed by atoms with Gasteiger partial charge >= 0.3 is 7.12 Å². The van der Waals surface area contributed by atoms with Crippen molar-refractivity contribution in [2.75, 3.05) is 0 Å². The standard InChI is InChI=1S/C17H24BNO2/c1-11-8-13-10-19(7)15(14(13)9-12(11)2)18-20-16(3,4)17(5,6)21-18/h8-10H,1-7H3. The maximum atomic E-state index is 6.22. The molecule has 112 valence electrons. The molecule has 1 aliphatic heterocycles. The van der Waals surface area contributed by atoms with Gasteiger partial charge in [0.1, 0.15) is 0 Å². The van der Waals surface area contributed by atoms with Crippen LogP contribution in [0.5, 0.6) is 0 Å². The minimum absolute atomic E-state index is 0.312. The van der Waals surface area contributed by atoms with E-state index in [9.17, 15) is 0 Å². The van der Waals surface area contributed by atoms with Crippen molar-refractivity contribution in [1.29, 1.82) is 0 Å². The van der Waals surface area contributed by atoms with Crippen LogP contribution in [0.15, 0.2) is 18.3 Å². The van der Waals surface area contributed by atoms with Gasteiger partial charge in [-0.1, -0.05) is 6.07 Å². The molecule has 0 unspecified atom stereocenters. The van der Waals surface area contributed by atoms with Crippen LogP contribution in [0.3, 0.4) is 0 Å². The van der Waals surface area contributed by atoms with Gasteiger partial charge in [0.25, 0.3) is 0 Å². The fraction of sp³-hybridized carbons (Fsp3) is 0.529. The summed E-state index contributed by atoms with van der Waals surface area (Å²) in [7, 11) is 1.74. The van der Waals surface area contributed by atoms with Crippen molar-refractivity contribution in [1.82, 2.24) is 4.57 Å². The van der Waals surface area contributed by atoms with Crippen molar-refractivity contribution < 1.29 is 9.31 Å². The molecule has 4 heteroatoms. The number of hydrogen-bond acceptors (Lipinski definition) is 2. The molecule has 21 heavy (non-hydrogen) atoms. The van der Waals surface area contributed by atoms with Crippen molar-refractivity contribution >= 4 is 23.5 Å². The highest BCUT2D eigenvalue weighted by atomic mass is 16.7. The third-order valence-corrected chi connectivity index (χ3v) is 5.13. The summed E-state index contributed by atoms with van der Waals surface area (Å²) in [6.45, 7) is 12.7. The largest absolute Gasteiger partial charge is 0.512 e. The number of rotatable bonds is 1. The van der Waals surface area contributed by atoms with Crippen molar-refractivity contribution in [3.05, 3.63) is 29.5 Å². The zero-order valence-electron chi connectivity index (χ0n) is 14.1. The van der Waals surface area contributed by atoms with Crippen LogP contribution in [0.1, 0.15) is 38.8 Å². The molecule has 3 rings (SSSR count).